The Morgan fingerprint density at radius 3 is 2.42 bits per heavy atom. The zero-order valence-corrected chi connectivity index (χ0v) is 41.0. The minimum absolute atomic E-state index is 0.0121. The van der Waals surface area contributed by atoms with Gasteiger partial charge in [0.2, 0.25) is 11.8 Å². The normalized spacial score (nSPS) is 33.0. The second kappa shape index (κ2) is 20.2. The highest BCUT2D eigenvalue weighted by Gasteiger charge is 2.64. The molecule has 2 amide bonds. The monoisotopic (exact) mass is 950 g/mol. The zero-order valence-electron chi connectivity index (χ0n) is 39.5. The number of carbonyl (C=O) groups is 2. The van der Waals surface area contributed by atoms with Gasteiger partial charge in [0.15, 0.2) is 11.6 Å². The highest BCUT2D eigenvalue weighted by molar-refractivity contribution is 8.00. The van der Waals surface area contributed by atoms with Gasteiger partial charge in [0.25, 0.3) is 0 Å². The number of piperidine rings is 1. The van der Waals surface area contributed by atoms with E-state index in [2.05, 4.69) is 96.5 Å². The average Bonchev–Trinajstić information content (AvgIpc) is 3.77. The molecule has 5 fully saturated rings. The van der Waals surface area contributed by atoms with Crippen molar-refractivity contribution < 1.29 is 28.2 Å². The van der Waals surface area contributed by atoms with Gasteiger partial charge in [-0.05, 0) is 68.5 Å². The van der Waals surface area contributed by atoms with Gasteiger partial charge in [0.05, 0.1) is 59.4 Å². The van der Waals surface area contributed by atoms with Gasteiger partial charge < -0.3 is 24.8 Å². The number of amides is 2. The molecule has 66 heavy (non-hydrogen) atoms. The first-order chi connectivity index (χ1) is 31.5. The molecule has 0 radical (unpaired) electrons. The fourth-order valence-electron chi connectivity index (χ4n) is 11.5. The molecular weight excluding hydrogens is 883 g/mol. The molecule has 1 saturated carbocycles. The fraction of sp³-hybridized carbons (Fsp3) is 0.667. The van der Waals surface area contributed by atoms with Gasteiger partial charge in [-0.15, -0.1) is 11.8 Å². The van der Waals surface area contributed by atoms with Crippen molar-refractivity contribution in [3.63, 3.8) is 0 Å². The summed E-state index contributed by atoms with van der Waals surface area (Å²) in [5, 5.41) is 23.5. The van der Waals surface area contributed by atoms with Gasteiger partial charge in [0.1, 0.15) is 30.8 Å². The Kier molecular flexibility index (Phi) is 14.9. The van der Waals surface area contributed by atoms with Crippen LogP contribution in [0.1, 0.15) is 85.8 Å². The molecule has 5 aliphatic heterocycles. The molecule has 7 atom stereocenters. The summed E-state index contributed by atoms with van der Waals surface area (Å²) in [5.41, 5.74) is 8.07. The van der Waals surface area contributed by atoms with E-state index >= 15 is 4.39 Å². The van der Waals surface area contributed by atoms with Gasteiger partial charge >= 0.3 is 0 Å². The summed E-state index contributed by atoms with van der Waals surface area (Å²) >= 11 is 8.19. The molecule has 6 aliphatic rings. The number of fused-ring (bicyclic) bond motifs is 3. The first-order valence-electron chi connectivity index (χ1n) is 23.7. The van der Waals surface area contributed by atoms with Gasteiger partial charge in [-0.2, -0.15) is 5.26 Å². The minimum atomic E-state index is -0.446. The summed E-state index contributed by atoms with van der Waals surface area (Å²) in [6, 6.07) is 11.9. The van der Waals surface area contributed by atoms with Crippen molar-refractivity contribution in [1.82, 2.24) is 41.9 Å². The number of hydrogen-bond acceptors (Lipinski definition) is 14. The molecular formula is C48H68ClFN10O5S. The van der Waals surface area contributed by atoms with Crippen LogP contribution in [0.2, 0.25) is 5.02 Å². The number of aliphatic imine (C=N–C) groups is 1. The van der Waals surface area contributed by atoms with Crippen molar-refractivity contribution in [2.24, 2.45) is 33.6 Å². The summed E-state index contributed by atoms with van der Waals surface area (Å²) in [6.07, 6.45) is 1.65. The molecule has 4 saturated heterocycles. The Bertz CT molecular complexity index is 2150. The Balaban J connectivity index is 0.780. The van der Waals surface area contributed by atoms with Crippen LogP contribution in [-0.4, -0.2) is 127 Å². The van der Waals surface area contributed by atoms with Crippen molar-refractivity contribution >= 4 is 40.9 Å². The molecule has 0 spiro atoms. The molecule has 2 aromatic carbocycles. The van der Waals surface area contributed by atoms with Gasteiger partial charge in [-0.25, -0.2) is 15.2 Å². The lowest BCUT2D eigenvalue weighted by Crippen LogP contribution is -2.75. The van der Waals surface area contributed by atoms with E-state index < -0.39 is 5.82 Å². The molecule has 6 N–H and O–H groups in total. The lowest BCUT2D eigenvalue weighted by Gasteiger charge is -2.63. The van der Waals surface area contributed by atoms with Crippen LogP contribution in [0.3, 0.4) is 0 Å². The van der Waals surface area contributed by atoms with E-state index in [1.165, 1.54) is 6.07 Å². The number of nitriles is 1. The molecule has 0 aromatic heterocycles. The summed E-state index contributed by atoms with van der Waals surface area (Å²) in [7, 11) is 0. The maximum atomic E-state index is 15.9. The second-order valence-corrected chi connectivity index (χ2v) is 22.0. The van der Waals surface area contributed by atoms with Crippen LogP contribution in [0.25, 0.3) is 0 Å². The molecule has 18 heteroatoms. The molecule has 5 heterocycles. The van der Waals surface area contributed by atoms with Crippen LogP contribution in [0.5, 0.6) is 11.5 Å². The van der Waals surface area contributed by atoms with Crippen molar-refractivity contribution in [2.75, 3.05) is 45.9 Å². The number of ether oxygens (including phenoxy) is 3. The van der Waals surface area contributed by atoms with E-state index in [-0.39, 0.29) is 102 Å². The van der Waals surface area contributed by atoms with Crippen LogP contribution in [0, 0.1) is 45.7 Å². The number of nitrogens with one attached hydrogen (secondary N) is 6. The number of nitrogens with zero attached hydrogens (tertiary/aromatic N) is 4. The number of carbonyl (C=O) groups excluding carboxylic acids is 2. The Morgan fingerprint density at radius 2 is 1.76 bits per heavy atom. The largest absolute Gasteiger partial charge is 0.489 e. The van der Waals surface area contributed by atoms with E-state index in [9.17, 15) is 14.9 Å². The molecule has 0 bridgehead atoms. The Hall–Kier alpha value is -3.57. The van der Waals surface area contributed by atoms with E-state index in [4.69, 9.17) is 30.8 Å². The highest BCUT2D eigenvalue weighted by Crippen LogP contribution is 2.56. The molecule has 15 nitrogen and oxygen atoms in total. The smallest absolute Gasteiger partial charge is 0.225 e. The van der Waals surface area contributed by atoms with Gasteiger partial charge in [0, 0.05) is 72.5 Å². The topological polar surface area (TPSA) is 177 Å². The quantitative estimate of drug-likeness (QED) is 0.143. The van der Waals surface area contributed by atoms with E-state index in [1.807, 2.05) is 24.8 Å². The molecule has 360 valence electrons. The summed E-state index contributed by atoms with van der Waals surface area (Å²) in [4.78, 5) is 36.5. The standard InChI is InChI=1S/C48H68ClFN10O5S/c1-9-52-38(61)22-36-41-58-57-28(4)60(41)43-39(26(2)27(3)66-43)40(55-36)29-11-13-37(35(50)20-29)64-19-18-63-32-14-16-59(17-15-32)46-53-24-31(25-54-46)42(62)56-44-47(5,6)45(48(44,7)8)65-33-12-10-30(23-51)34(49)21-33/h10-13,20-21,26-28,31-32,36,39,41,43-46,53-54,57-58H,9,14-19,22,24-25H2,1-8H3,(H,52,61)(H,56,62)/t26?,27?,28?,31?,36-,39?,41?,43?,44?,45?,46?/m0/s1. The van der Waals surface area contributed by atoms with E-state index in [1.54, 1.807) is 24.3 Å². The minimum Gasteiger partial charge on any atom is -0.489 e. The predicted molar refractivity (Wildman–Crippen MR) is 254 cm³/mol. The summed E-state index contributed by atoms with van der Waals surface area (Å²) in [5.74, 6) is 0.404. The van der Waals surface area contributed by atoms with E-state index in [0.29, 0.717) is 53.7 Å². The van der Waals surface area contributed by atoms with Crippen LogP contribution in [-0.2, 0) is 14.3 Å². The zero-order chi connectivity index (χ0) is 47.1. The van der Waals surface area contributed by atoms with Crippen molar-refractivity contribution in [1.29, 1.82) is 5.26 Å². The molecule has 8 rings (SSSR count). The molecule has 1 aliphatic carbocycles. The number of benzene rings is 2. The Labute approximate surface area is 398 Å². The SMILES string of the molecule is CCNC(=O)C[C@@H]1N=C(c2ccc(OCCOC3CCN(C4NCC(C(=O)NC5C(C)(C)C(Oc6ccc(C#N)c(Cl)c6)C5(C)C)CN4)CC3)c(F)c2)C2C(C)C(C)SC2N2C(C)NNC12. The number of hydrogen-bond donors (Lipinski definition) is 6. The molecule has 2 aromatic rings. The highest BCUT2D eigenvalue weighted by atomic mass is 35.5. The average molecular weight is 952 g/mol. The van der Waals surface area contributed by atoms with Gasteiger partial charge in [-0.3, -0.25) is 35.0 Å². The summed E-state index contributed by atoms with van der Waals surface area (Å²) in [6.45, 7) is 20.9. The Morgan fingerprint density at radius 1 is 1.03 bits per heavy atom. The van der Waals surface area contributed by atoms with Crippen molar-refractivity contribution in [2.45, 2.75) is 128 Å². The third-order valence-corrected chi connectivity index (χ3v) is 16.9. The van der Waals surface area contributed by atoms with Crippen molar-refractivity contribution in [3.8, 4) is 17.6 Å². The first kappa shape index (κ1) is 48.9. The second-order valence-electron chi connectivity index (χ2n) is 20.1. The predicted octanol–water partition coefficient (Wildman–Crippen LogP) is 4.79. The number of thioether (sulfide) groups is 1. The lowest BCUT2D eigenvalue weighted by atomic mass is 9.49. The first-order valence-corrected chi connectivity index (χ1v) is 25.0. The van der Waals surface area contributed by atoms with Crippen LogP contribution >= 0.6 is 23.4 Å². The number of rotatable bonds is 14. The van der Waals surface area contributed by atoms with Crippen LogP contribution in [0.15, 0.2) is 41.4 Å². The van der Waals surface area contributed by atoms with Crippen molar-refractivity contribution in [3.05, 3.63) is 58.4 Å². The molecule has 6 unspecified atom stereocenters. The maximum absolute atomic E-state index is 15.9. The van der Waals surface area contributed by atoms with Gasteiger partial charge in [-0.1, -0.05) is 53.1 Å². The number of hydrazine groups is 1. The number of likely N-dealkylation sites (tertiary alicyclic amines) is 1. The lowest BCUT2D eigenvalue weighted by molar-refractivity contribution is -0.174. The maximum Gasteiger partial charge on any atom is 0.225 e. The van der Waals surface area contributed by atoms with E-state index in [0.717, 1.165) is 37.2 Å². The van der Waals surface area contributed by atoms with Crippen LogP contribution < -0.4 is 41.6 Å². The number of halogens is 2. The summed E-state index contributed by atoms with van der Waals surface area (Å²) < 4.78 is 34.4. The third-order valence-electron chi connectivity index (χ3n) is 14.9. The third kappa shape index (κ3) is 9.82. The van der Waals surface area contributed by atoms with Crippen LogP contribution in [0.4, 0.5) is 4.39 Å². The fourth-order valence-corrected chi connectivity index (χ4v) is 13.6.